The number of ether oxygens (including phenoxy) is 2. The van der Waals surface area contributed by atoms with E-state index in [-0.39, 0.29) is 49.6 Å². The smallest absolute Gasteiger partial charge is 0.338 e. The SMILES string of the molecule is CCOC(=O)c1ccc(N2C(=O)CC(SC[C@H](N)C(=O)OCC)C2=O)cc1.[Cl-]. The van der Waals surface area contributed by atoms with Gasteiger partial charge in [0.05, 0.1) is 29.7 Å². The predicted octanol–water partition coefficient (Wildman–Crippen LogP) is -1.88. The summed E-state index contributed by atoms with van der Waals surface area (Å²) in [5.41, 5.74) is 6.45. The number of esters is 2. The summed E-state index contributed by atoms with van der Waals surface area (Å²) in [5.74, 6) is -1.54. The number of hydrogen-bond donors (Lipinski definition) is 1. The van der Waals surface area contributed by atoms with E-state index in [0.29, 0.717) is 11.3 Å². The molecule has 2 rings (SSSR count). The average Bonchev–Trinajstić information content (AvgIpc) is 2.93. The number of anilines is 1. The van der Waals surface area contributed by atoms with E-state index in [4.69, 9.17) is 15.2 Å². The lowest BCUT2D eigenvalue weighted by molar-refractivity contribution is -0.144. The van der Waals surface area contributed by atoms with Crippen LogP contribution in [-0.4, -0.2) is 54.0 Å². The minimum atomic E-state index is -0.851. The zero-order valence-electron chi connectivity index (χ0n) is 15.6. The molecular formula is C18H22ClN2O6S-. The third-order valence-corrected chi connectivity index (χ3v) is 5.13. The molecule has 10 heteroatoms. The molecule has 1 aliphatic heterocycles. The van der Waals surface area contributed by atoms with E-state index in [9.17, 15) is 19.2 Å². The fourth-order valence-corrected chi connectivity index (χ4v) is 3.59. The summed E-state index contributed by atoms with van der Waals surface area (Å²) in [6.45, 7) is 3.88. The lowest BCUT2D eigenvalue weighted by Crippen LogP contribution is -3.00. The molecule has 0 spiro atoms. The highest BCUT2D eigenvalue weighted by atomic mass is 35.5. The number of halogens is 1. The van der Waals surface area contributed by atoms with Crippen LogP contribution < -0.4 is 23.0 Å². The minimum absolute atomic E-state index is 0. The van der Waals surface area contributed by atoms with E-state index in [1.165, 1.54) is 24.3 Å². The third-order valence-electron chi connectivity index (χ3n) is 3.81. The molecule has 2 N–H and O–H groups in total. The number of rotatable bonds is 8. The number of carbonyl (C=O) groups excluding carboxylic acids is 4. The number of hydrogen-bond acceptors (Lipinski definition) is 8. The first-order chi connectivity index (χ1) is 12.9. The summed E-state index contributed by atoms with van der Waals surface area (Å²) < 4.78 is 9.73. The van der Waals surface area contributed by atoms with Gasteiger partial charge in [-0.25, -0.2) is 9.69 Å². The van der Waals surface area contributed by atoms with Crippen LogP contribution in [-0.2, 0) is 23.9 Å². The second kappa shape index (κ2) is 11.0. The van der Waals surface area contributed by atoms with Crippen LogP contribution in [0.2, 0.25) is 0 Å². The standard InChI is InChI=1S/C18H22N2O6S.ClH/c1-3-25-17(23)11-5-7-12(8-6-11)20-15(21)9-14(16(20)22)27-10-13(19)18(24)26-4-2;/h5-8,13-14H,3-4,9-10,19H2,1-2H3;1H/p-1/t13-,14?;/m0./s1. The van der Waals surface area contributed by atoms with Crippen LogP contribution in [0.25, 0.3) is 0 Å². The Kier molecular flexibility index (Phi) is 9.44. The van der Waals surface area contributed by atoms with Gasteiger partial charge >= 0.3 is 11.9 Å². The van der Waals surface area contributed by atoms with E-state index in [1.54, 1.807) is 13.8 Å². The average molecular weight is 430 g/mol. The second-order valence-electron chi connectivity index (χ2n) is 5.72. The van der Waals surface area contributed by atoms with E-state index in [2.05, 4.69) is 0 Å². The molecule has 0 saturated carbocycles. The van der Waals surface area contributed by atoms with Crippen molar-refractivity contribution in [3.63, 3.8) is 0 Å². The Labute approximate surface area is 173 Å². The normalized spacial score (nSPS) is 17.1. The summed E-state index contributed by atoms with van der Waals surface area (Å²) >= 11 is 1.16. The number of carbonyl (C=O) groups is 4. The Morgan fingerprint density at radius 1 is 1.18 bits per heavy atom. The van der Waals surface area contributed by atoms with Crippen LogP contribution in [0.3, 0.4) is 0 Å². The van der Waals surface area contributed by atoms with Gasteiger partial charge in [0.25, 0.3) is 0 Å². The topological polar surface area (TPSA) is 116 Å². The molecule has 0 radical (unpaired) electrons. The van der Waals surface area contributed by atoms with Crippen LogP contribution in [0, 0.1) is 0 Å². The molecule has 1 aromatic carbocycles. The molecule has 8 nitrogen and oxygen atoms in total. The van der Waals surface area contributed by atoms with E-state index >= 15 is 0 Å². The predicted molar refractivity (Wildman–Crippen MR) is 100 cm³/mol. The van der Waals surface area contributed by atoms with E-state index in [1.807, 2.05) is 0 Å². The molecule has 1 aliphatic rings. The maximum absolute atomic E-state index is 12.6. The second-order valence-corrected chi connectivity index (χ2v) is 6.96. The van der Waals surface area contributed by atoms with E-state index < -0.39 is 23.2 Å². The number of imide groups is 1. The fraction of sp³-hybridized carbons (Fsp3) is 0.444. The van der Waals surface area contributed by atoms with Crippen molar-refractivity contribution >= 4 is 41.2 Å². The summed E-state index contributed by atoms with van der Waals surface area (Å²) in [5, 5.41) is -0.609. The lowest BCUT2D eigenvalue weighted by Gasteiger charge is -2.16. The van der Waals surface area contributed by atoms with Crippen LogP contribution >= 0.6 is 11.8 Å². The maximum Gasteiger partial charge on any atom is 0.338 e. The molecule has 154 valence electrons. The van der Waals surface area contributed by atoms with Gasteiger partial charge < -0.3 is 27.6 Å². The van der Waals surface area contributed by atoms with Gasteiger partial charge in [-0.3, -0.25) is 14.4 Å². The molecule has 0 aliphatic carbocycles. The molecule has 2 atom stereocenters. The summed E-state index contributed by atoms with van der Waals surface area (Å²) in [7, 11) is 0. The van der Waals surface area contributed by atoms with Gasteiger partial charge in [-0.15, -0.1) is 11.8 Å². The molecular weight excluding hydrogens is 408 g/mol. The Morgan fingerprint density at radius 2 is 1.79 bits per heavy atom. The third kappa shape index (κ3) is 5.70. The van der Waals surface area contributed by atoms with Crippen molar-refractivity contribution in [2.24, 2.45) is 5.73 Å². The van der Waals surface area contributed by atoms with Gasteiger partial charge in [-0.1, -0.05) is 0 Å². The van der Waals surface area contributed by atoms with Crippen molar-refractivity contribution in [1.82, 2.24) is 0 Å². The largest absolute Gasteiger partial charge is 1.00 e. The molecule has 1 aromatic rings. The Bertz CT molecular complexity index is 727. The van der Waals surface area contributed by atoms with Crippen molar-refractivity contribution in [2.45, 2.75) is 31.6 Å². The Balaban J connectivity index is 0.00000392. The number of amides is 2. The fourth-order valence-electron chi connectivity index (χ4n) is 2.50. The lowest BCUT2D eigenvalue weighted by atomic mass is 10.2. The minimum Gasteiger partial charge on any atom is -1.00 e. The summed E-state index contributed by atoms with van der Waals surface area (Å²) in [6, 6.07) is 5.21. The molecule has 0 aromatic heterocycles. The van der Waals surface area contributed by atoms with Crippen molar-refractivity contribution in [3.05, 3.63) is 29.8 Å². The van der Waals surface area contributed by atoms with Crippen LogP contribution in [0.1, 0.15) is 30.6 Å². The van der Waals surface area contributed by atoms with Crippen LogP contribution in [0.15, 0.2) is 24.3 Å². The van der Waals surface area contributed by atoms with Gasteiger partial charge in [-0.2, -0.15) is 0 Å². The zero-order chi connectivity index (χ0) is 20.0. The Hall–Kier alpha value is -2.10. The van der Waals surface area contributed by atoms with Crippen molar-refractivity contribution < 1.29 is 41.1 Å². The first kappa shape index (κ1) is 23.9. The van der Waals surface area contributed by atoms with E-state index in [0.717, 1.165) is 16.7 Å². The van der Waals surface area contributed by atoms with Gasteiger partial charge in [0.1, 0.15) is 6.04 Å². The highest BCUT2D eigenvalue weighted by Gasteiger charge is 2.40. The molecule has 1 fully saturated rings. The first-order valence-electron chi connectivity index (χ1n) is 8.56. The number of thioether (sulfide) groups is 1. The van der Waals surface area contributed by atoms with Gasteiger partial charge in [0.15, 0.2) is 0 Å². The zero-order valence-corrected chi connectivity index (χ0v) is 17.1. The molecule has 0 bridgehead atoms. The highest BCUT2D eigenvalue weighted by molar-refractivity contribution is 8.00. The quantitative estimate of drug-likeness (QED) is 0.377. The molecule has 1 saturated heterocycles. The monoisotopic (exact) mass is 429 g/mol. The van der Waals surface area contributed by atoms with Gasteiger partial charge in [0, 0.05) is 12.2 Å². The van der Waals surface area contributed by atoms with Crippen LogP contribution in [0.4, 0.5) is 5.69 Å². The number of nitrogens with two attached hydrogens (primary N) is 1. The molecule has 28 heavy (non-hydrogen) atoms. The molecule has 1 unspecified atom stereocenters. The van der Waals surface area contributed by atoms with Crippen molar-refractivity contribution in [3.8, 4) is 0 Å². The molecule has 2 amide bonds. The first-order valence-corrected chi connectivity index (χ1v) is 9.61. The summed E-state index contributed by atoms with van der Waals surface area (Å²) in [6.07, 6.45) is 0.0265. The summed E-state index contributed by atoms with van der Waals surface area (Å²) in [4.78, 5) is 49.2. The molecule has 1 heterocycles. The number of benzene rings is 1. The van der Waals surface area contributed by atoms with Gasteiger partial charge in [-0.05, 0) is 38.1 Å². The highest BCUT2D eigenvalue weighted by Crippen LogP contribution is 2.30. The van der Waals surface area contributed by atoms with Crippen LogP contribution in [0.5, 0.6) is 0 Å². The maximum atomic E-state index is 12.6. The number of nitrogens with zero attached hydrogens (tertiary/aromatic N) is 1. The van der Waals surface area contributed by atoms with Crippen molar-refractivity contribution in [2.75, 3.05) is 23.9 Å². The van der Waals surface area contributed by atoms with Crippen molar-refractivity contribution in [1.29, 1.82) is 0 Å². The Morgan fingerprint density at radius 3 is 2.36 bits per heavy atom. The van der Waals surface area contributed by atoms with Gasteiger partial charge in [0.2, 0.25) is 11.8 Å².